The average molecular weight is 438 g/mol. The average Bonchev–Trinajstić information content (AvgIpc) is 3.25. The van der Waals surface area contributed by atoms with Gasteiger partial charge in [0.05, 0.1) is 16.3 Å². The maximum Gasteiger partial charge on any atom is 0.235 e. The molecular weight excluding hydrogens is 425 g/mol. The molecule has 0 bridgehead atoms. The number of ether oxygens (including phenoxy) is 1. The van der Waals surface area contributed by atoms with Gasteiger partial charge in [0.2, 0.25) is 5.91 Å². The van der Waals surface area contributed by atoms with E-state index in [1.165, 1.54) is 41.3 Å². The number of thiophene rings is 1. The number of nitrogens with one attached hydrogen (secondary N) is 1. The summed E-state index contributed by atoms with van der Waals surface area (Å²) in [6, 6.07) is 7.53. The third-order valence-corrected chi connectivity index (χ3v) is 5.69. The maximum absolute atomic E-state index is 13.1. The van der Waals surface area contributed by atoms with Crippen molar-refractivity contribution in [3.63, 3.8) is 0 Å². The van der Waals surface area contributed by atoms with E-state index in [0.717, 1.165) is 0 Å². The monoisotopic (exact) mass is 437 g/mol. The molecule has 1 N–H and O–H groups in total. The smallest absolute Gasteiger partial charge is 0.235 e. The van der Waals surface area contributed by atoms with Gasteiger partial charge in [-0.25, -0.2) is 4.39 Å². The van der Waals surface area contributed by atoms with Crippen LogP contribution in [0.25, 0.3) is 0 Å². The van der Waals surface area contributed by atoms with E-state index in [1.807, 2.05) is 6.07 Å². The fourth-order valence-electron chi connectivity index (χ4n) is 2.12. The summed E-state index contributed by atoms with van der Waals surface area (Å²) in [6.07, 6.45) is 0. The van der Waals surface area contributed by atoms with Gasteiger partial charge in [-0.15, -0.1) is 21.5 Å². The second kappa shape index (κ2) is 9.05. The molecule has 0 aliphatic rings. The minimum atomic E-state index is -0.447. The molecule has 0 unspecified atom stereocenters. The number of carbonyl (C=O) groups is 1. The first-order chi connectivity index (χ1) is 13.5. The highest BCUT2D eigenvalue weighted by Gasteiger charge is 2.14. The molecule has 28 heavy (non-hydrogen) atoms. The minimum Gasteiger partial charge on any atom is -0.484 e. The van der Waals surface area contributed by atoms with Gasteiger partial charge in [0.15, 0.2) is 11.0 Å². The Bertz CT molecular complexity index is 1050. The number of benzene rings is 1. The molecule has 0 spiro atoms. The van der Waals surface area contributed by atoms with Crippen LogP contribution in [0.15, 0.2) is 34.8 Å². The first kappa shape index (κ1) is 20.1. The maximum atomic E-state index is 13.1. The zero-order chi connectivity index (χ0) is 20.1. The predicted octanol–water partition coefficient (Wildman–Crippen LogP) is 3.85. The third-order valence-electron chi connectivity index (χ3n) is 3.55. The van der Waals surface area contributed by atoms with Crippen molar-refractivity contribution in [3.8, 4) is 11.8 Å². The summed E-state index contributed by atoms with van der Waals surface area (Å²) >= 11 is 8.43. The standard InChI is InChI=1S/C17H13ClFN5O2S2/c1-24-14(8-26-13-3-2-11(19)6-12(13)18)22-23-17(24)28-9-15(25)21-16-10(7-20)4-5-27-16/h2-6H,8-9H2,1H3,(H,21,25). The highest BCUT2D eigenvalue weighted by atomic mass is 35.5. The molecule has 0 atom stereocenters. The molecule has 3 aromatic rings. The number of aromatic nitrogens is 3. The van der Waals surface area contributed by atoms with Crippen molar-refractivity contribution in [1.82, 2.24) is 14.8 Å². The normalized spacial score (nSPS) is 10.5. The number of thioether (sulfide) groups is 1. The van der Waals surface area contributed by atoms with E-state index < -0.39 is 5.82 Å². The van der Waals surface area contributed by atoms with E-state index in [4.69, 9.17) is 21.6 Å². The first-order valence-corrected chi connectivity index (χ1v) is 10.1. The lowest BCUT2D eigenvalue weighted by Crippen LogP contribution is -2.14. The lowest BCUT2D eigenvalue weighted by atomic mass is 10.3. The first-order valence-electron chi connectivity index (χ1n) is 7.84. The van der Waals surface area contributed by atoms with Crippen molar-refractivity contribution in [3.05, 3.63) is 51.9 Å². The van der Waals surface area contributed by atoms with Gasteiger partial charge >= 0.3 is 0 Å². The van der Waals surface area contributed by atoms with Crippen molar-refractivity contribution in [2.45, 2.75) is 11.8 Å². The Labute approximate surface area is 173 Å². The van der Waals surface area contributed by atoms with E-state index >= 15 is 0 Å². The van der Waals surface area contributed by atoms with Crippen LogP contribution in [0.3, 0.4) is 0 Å². The third kappa shape index (κ3) is 4.81. The Morgan fingerprint density at radius 2 is 2.29 bits per heavy atom. The Hall–Kier alpha value is -2.61. The molecule has 0 aliphatic carbocycles. The summed E-state index contributed by atoms with van der Waals surface area (Å²) in [5.74, 6) is 0.275. The Kier molecular flexibility index (Phi) is 6.51. The fourth-order valence-corrected chi connectivity index (χ4v) is 3.82. The number of halogens is 2. The number of anilines is 1. The van der Waals surface area contributed by atoms with Crippen LogP contribution in [0, 0.1) is 17.1 Å². The highest BCUT2D eigenvalue weighted by Crippen LogP contribution is 2.26. The summed E-state index contributed by atoms with van der Waals surface area (Å²) in [4.78, 5) is 12.1. The Morgan fingerprint density at radius 1 is 1.46 bits per heavy atom. The number of nitrogens with zero attached hydrogens (tertiary/aromatic N) is 4. The highest BCUT2D eigenvalue weighted by molar-refractivity contribution is 7.99. The van der Waals surface area contributed by atoms with Crippen LogP contribution >= 0.6 is 34.7 Å². The minimum absolute atomic E-state index is 0.0856. The number of hydrogen-bond acceptors (Lipinski definition) is 7. The second-order valence-electron chi connectivity index (χ2n) is 5.43. The van der Waals surface area contributed by atoms with Crippen molar-refractivity contribution in [2.24, 2.45) is 7.05 Å². The van der Waals surface area contributed by atoms with Crippen LogP contribution in [0.1, 0.15) is 11.4 Å². The van der Waals surface area contributed by atoms with Crippen LogP contribution < -0.4 is 10.1 Å². The van der Waals surface area contributed by atoms with Gasteiger partial charge in [0.1, 0.15) is 29.2 Å². The zero-order valence-electron chi connectivity index (χ0n) is 14.5. The van der Waals surface area contributed by atoms with E-state index in [1.54, 1.807) is 23.1 Å². The van der Waals surface area contributed by atoms with Gasteiger partial charge in [-0.3, -0.25) is 4.79 Å². The molecule has 2 aromatic heterocycles. The molecule has 2 heterocycles. The molecule has 0 radical (unpaired) electrons. The van der Waals surface area contributed by atoms with Crippen molar-refractivity contribution >= 4 is 45.6 Å². The molecule has 11 heteroatoms. The predicted molar refractivity (Wildman–Crippen MR) is 105 cm³/mol. The Morgan fingerprint density at radius 3 is 3.04 bits per heavy atom. The fraction of sp³-hybridized carbons (Fsp3) is 0.176. The van der Waals surface area contributed by atoms with Crippen LogP contribution in [-0.4, -0.2) is 26.4 Å². The van der Waals surface area contributed by atoms with Gasteiger partial charge in [-0.1, -0.05) is 23.4 Å². The molecule has 0 fully saturated rings. The SMILES string of the molecule is Cn1c(COc2ccc(F)cc2Cl)nnc1SCC(=O)Nc1sccc1C#N. The van der Waals surface area contributed by atoms with Gasteiger partial charge in [0.25, 0.3) is 0 Å². The van der Waals surface area contributed by atoms with Crippen LogP contribution in [0.4, 0.5) is 9.39 Å². The quantitative estimate of drug-likeness (QED) is 0.564. The van der Waals surface area contributed by atoms with Crippen molar-refractivity contribution in [1.29, 1.82) is 5.26 Å². The van der Waals surface area contributed by atoms with Gasteiger partial charge in [-0.05, 0) is 29.6 Å². The summed E-state index contributed by atoms with van der Waals surface area (Å²) in [5.41, 5.74) is 0.431. The molecule has 1 aromatic carbocycles. The van der Waals surface area contributed by atoms with E-state index in [2.05, 4.69) is 15.5 Å². The van der Waals surface area contributed by atoms with Crippen LogP contribution in [-0.2, 0) is 18.4 Å². The van der Waals surface area contributed by atoms with Gasteiger partial charge in [-0.2, -0.15) is 5.26 Å². The van der Waals surface area contributed by atoms with Crippen molar-refractivity contribution < 1.29 is 13.9 Å². The lowest BCUT2D eigenvalue weighted by molar-refractivity contribution is -0.113. The Balaban J connectivity index is 1.55. The van der Waals surface area contributed by atoms with Crippen LogP contribution in [0.5, 0.6) is 5.75 Å². The molecule has 144 valence electrons. The molecular formula is C17H13ClFN5O2S2. The van der Waals surface area contributed by atoms with E-state index in [-0.39, 0.29) is 23.3 Å². The number of nitriles is 1. The summed E-state index contributed by atoms with van der Waals surface area (Å²) in [5, 5.41) is 22.7. The van der Waals surface area contributed by atoms with E-state index in [9.17, 15) is 9.18 Å². The van der Waals surface area contributed by atoms with Gasteiger partial charge < -0.3 is 14.6 Å². The largest absolute Gasteiger partial charge is 0.484 e. The molecule has 1 amide bonds. The number of hydrogen-bond donors (Lipinski definition) is 1. The molecule has 0 aliphatic heterocycles. The zero-order valence-corrected chi connectivity index (χ0v) is 16.9. The van der Waals surface area contributed by atoms with Crippen LogP contribution in [0.2, 0.25) is 5.02 Å². The summed E-state index contributed by atoms with van der Waals surface area (Å²) < 4.78 is 20.3. The number of carbonyl (C=O) groups excluding carboxylic acids is 1. The lowest BCUT2D eigenvalue weighted by Gasteiger charge is -2.08. The molecule has 0 saturated carbocycles. The molecule has 7 nitrogen and oxygen atoms in total. The molecule has 3 rings (SSSR count). The summed E-state index contributed by atoms with van der Waals surface area (Å²) in [6.45, 7) is 0.0856. The topological polar surface area (TPSA) is 92.8 Å². The molecule has 0 saturated heterocycles. The van der Waals surface area contributed by atoms with E-state index in [0.29, 0.717) is 27.3 Å². The number of rotatable bonds is 7. The van der Waals surface area contributed by atoms with Crippen molar-refractivity contribution in [2.75, 3.05) is 11.1 Å². The summed E-state index contributed by atoms with van der Waals surface area (Å²) in [7, 11) is 1.75. The van der Waals surface area contributed by atoms with Gasteiger partial charge in [0, 0.05) is 7.05 Å². The number of amides is 1. The second-order valence-corrected chi connectivity index (χ2v) is 7.70.